The third kappa shape index (κ3) is 4.44. The van der Waals surface area contributed by atoms with E-state index in [0.29, 0.717) is 22.0 Å². The van der Waals surface area contributed by atoms with Gasteiger partial charge in [0.05, 0.1) is 0 Å². The summed E-state index contributed by atoms with van der Waals surface area (Å²) in [6.07, 6.45) is 1.55. The smallest absolute Gasteiger partial charge is 0.126 e. The molecule has 0 aliphatic carbocycles. The Bertz CT molecular complexity index is 601. The van der Waals surface area contributed by atoms with E-state index in [2.05, 4.69) is 12.2 Å². The third-order valence-corrected chi connectivity index (χ3v) is 3.92. The molecule has 0 aromatic heterocycles. The summed E-state index contributed by atoms with van der Waals surface area (Å²) in [6.45, 7) is 2.94. The molecule has 2 aromatic rings. The quantitative estimate of drug-likeness (QED) is 0.748. The molecule has 1 atom stereocenters. The number of rotatable bonds is 6. The van der Waals surface area contributed by atoms with E-state index in [0.717, 1.165) is 18.5 Å². The summed E-state index contributed by atoms with van der Waals surface area (Å²) in [5.74, 6) is -0.189. The van der Waals surface area contributed by atoms with Crippen LogP contribution in [0.2, 0.25) is 10.0 Å². The second kappa shape index (κ2) is 7.79. The number of hydrogen-bond acceptors (Lipinski definition) is 1. The molecule has 0 radical (unpaired) electrons. The first-order valence-electron chi connectivity index (χ1n) is 7.03. The number of nitrogens with one attached hydrogen (secondary N) is 1. The maximum absolute atomic E-state index is 13.9. The molecule has 4 heteroatoms. The standard InChI is InChI=1S/C17H18Cl2FN/c1-2-9-21-17(10-12-5-3-4-6-16(12)20)14-8-7-13(18)11-15(14)19/h3-8,11,17,21H,2,9-10H2,1H3. The number of benzene rings is 2. The van der Waals surface area contributed by atoms with E-state index < -0.39 is 0 Å². The normalized spacial score (nSPS) is 12.4. The Morgan fingerprint density at radius 3 is 2.57 bits per heavy atom. The maximum Gasteiger partial charge on any atom is 0.126 e. The molecule has 21 heavy (non-hydrogen) atoms. The van der Waals surface area contributed by atoms with Gasteiger partial charge in [-0.15, -0.1) is 0 Å². The van der Waals surface area contributed by atoms with E-state index in [1.165, 1.54) is 6.07 Å². The predicted octanol–water partition coefficient (Wildman–Crippen LogP) is 5.42. The summed E-state index contributed by atoms with van der Waals surface area (Å²) in [7, 11) is 0. The second-order valence-electron chi connectivity index (χ2n) is 4.97. The fraction of sp³-hybridized carbons (Fsp3) is 0.294. The van der Waals surface area contributed by atoms with Gasteiger partial charge >= 0.3 is 0 Å². The first-order valence-corrected chi connectivity index (χ1v) is 7.79. The van der Waals surface area contributed by atoms with Crippen LogP contribution in [-0.2, 0) is 6.42 Å². The minimum absolute atomic E-state index is 0.0355. The minimum atomic E-state index is -0.189. The maximum atomic E-state index is 13.9. The van der Waals surface area contributed by atoms with Gasteiger partial charge in [0.1, 0.15) is 5.82 Å². The van der Waals surface area contributed by atoms with Crippen LogP contribution in [0.3, 0.4) is 0 Å². The Hall–Kier alpha value is -1.09. The van der Waals surface area contributed by atoms with Crippen molar-refractivity contribution in [2.75, 3.05) is 6.54 Å². The van der Waals surface area contributed by atoms with Crippen molar-refractivity contribution in [1.29, 1.82) is 0 Å². The van der Waals surface area contributed by atoms with Gasteiger partial charge in [0.2, 0.25) is 0 Å². The van der Waals surface area contributed by atoms with Crippen LogP contribution in [0.15, 0.2) is 42.5 Å². The van der Waals surface area contributed by atoms with Gasteiger partial charge in [-0.05, 0) is 48.7 Å². The van der Waals surface area contributed by atoms with Crippen molar-refractivity contribution in [2.45, 2.75) is 25.8 Å². The van der Waals surface area contributed by atoms with E-state index in [1.807, 2.05) is 18.2 Å². The van der Waals surface area contributed by atoms with Gasteiger partial charge in [0.25, 0.3) is 0 Å². The highest BCUT2D eigenvalue weighted by Crippen LogP contribution is 2.29. The van der Waals surface area contributed by atoms with Crippen molar-refractivity contribution < 1.29 is 4.39 Å². The number of halogens is 3. The van der Waals surface area contributed by atoms with Gasteiger partial charge in [0.15, 0.2) is 0 Å². The molecule has 0 fully saturated rings. The fourth-order valence-electron chi connectivity index (χ4n) is 2.28. The average Bonchev–Trinajstić information content (AvgIpc) is 2.46. The van der Waals surface area contributed by atoms with Crippen molar-refractivity contribution >= 4 is 23.2 Å². The van der Waals surface area contributed by atoms with Gasteiger partial charge in [-0.3, -0.25) is 0 Å². The first kappa shape index (κ1) is 16.3. The molecule has 1 N–H and O–H groups in total. The molecule has 0 bridgehead atoms. The zero-order valence-electron chi connectivity index (χ0n) is 11.9. The van der Waals surface area contributed by atoms with Crippen LogP contribution in [0.1, 0.15) is 30.5 Å². The molecular formula is C17H18Cl2FN. The van der Waals surface area contributed by atoms with E-state index in [4.69, 9.17) is 23.2 Å². The first-order chi connectivity index (χ1) is 10.1. The van der Waals surface area contributed by atoms with Crippen LogP contribution in [0.4, 0.5) is 4.39 Å². The van der Waals surface area contributed by atoms with Gasteiger partial charge in [-0.2, -0.15) is 0 Å². The fourth-order valence-corrected chi connectivity index (χ4v) is 2.82. The van der Waals surface area contributed by atoms with Crippen LogP contribution in [0.5, 0.6) is 0 Å². The summed E-state index contributed by atoms with van der Waals surface area (Å²) < 4.78 is 13.9. The monoisotopic (exact) mass is 325 g/mol. The van der Waals surface area contributed by atoms with Crippen molar-refractivity contribution in [3.05, 3.63) is 69.5 Å². The van der Waals surface area contributed by atoms with Gasteiger partial charge in [0, 0.05) is 16.1 Å². The highest BCUT2D eigenvalue weighted by atomic mass is 35.5. The highest BCUT2D eigenvalue weighted by Gasteiger charge is 2.16. The lowest BCUT2D eigenvalue weighted by molar-refractivity contribution is 0.513. The zero-order valence-corrected chi connectivity index (χ0v) is 13.4. The summed E-state index contributed by atoms with van der Waals surface area (Å²) in [6, 6.07) is 12.2. The Balaban J connectivity index is 2.27. The Kier molecular flexibility index (Phi) is 6.04. The van der Waals surface area contributed by atoms with Crippen molar-refractivity contribution in [3.63, 3.8) is 0 Å². The molecular weight excluding hydrogens is 308 g/mol. The molecule has 0 aliphatic heterocycles. The summed E-state index contributed by atoms with van der Waals surface area (Å²) in [5.41, 5.74) is 1.62. The summed E-state index contributed by atoms with van der Waals surface area (Å²) in [4.78, 5) is 0. The Morgan fingerprint density at radius 1 is 1.14 bits per heavy atom. The van der Waals surface area contributed by atoms with Crippen molar-refractivity contribution in [3.8, 4) is 0 Å². The average molecular weight is 326 g/mol. The SMILES string of the molecule is CCCNC(Cc1ccccc1F)c1ccc(Cl)cc1Cl. The van der Waals surface area contributed by atoms with E-state index in [-0.39, 0.29) is 11.9 Å². The van der Waals surface area contributed by atoms with E-state index >= 15 is 0 Å². The molecule has 0 saturated heterocycles. The molecule has 1 unspecified atom stereocenters. The van der Waals surface area contributed by atoms with E-state index in [9.17, 15) is 4.39 Å². The predicted molar refractivity (Wildman–Crippen MR) is 87.6 cm³/mol. The molecule has 0 saturated carbocycles. The molecule has 0 heterocycles. The third-order valence-electron chi connectivity index (χ3n) is 3.36. The summed E-state index contributed by atoms with van der Waals surface area (Å²) >= 11 is 12.2. The second-order valence-corrected chi connectivity index (χ2v) is 5.81. The largest absolute Gasteiger partial charge is 0.310 e. The summed E-state index contributed by atoms with van der Waals surface area (Å²) in [5, 5.41) is 4.63. The van der Waals surface area contributed by atoms with Crippen LogP contribution < -0.4 is 5.32 Å². The van der Waals surface area contributed by atoms with Gasteiger partial charge in [-0.25, -0.2) is 4.39 Å². The molecule has 0 aliphatic rings. The lowest BCUT2D eigenvalue weighted by Crippen LogP contribution is -2.24. The van der Waals surface area contributed by atoms with Gasteiger partial charge in [-0.1, -0.05) is 54.4 Å². The van der Waals surface area contributed by atoms with Crippen LogP contribution in [0.25, 0.3) is 0 Å². The Labute approximate surface area is 135 Å². The van der Waals surface area contributed by atoms with Crippen molar-refractivity contribution in [2.24, 2.45) is 0 Å². The topological polar surface area (TPSA) is 12.0 Å². The van der Waals surface area contributed by atoms with E-state index in [1.54, 1.807) is 18.2 Å². The lowest BCUT2D eigenvalue weighted by atomic mass is 9.98. The molecule has 0 spiro atoms. The molecule has 1 nitrogen and oxygen atoms in total. The van der Waals surface area contributed by atoms with Gasteiger partial charge < -0.3 is 5.32 Å². The van der Waals surface area contributed by atoms with Crippen LogP contribution in [0, 0.1) is 5.82 Å². The zero-order chi connectivity index (χ0) is 15.2. The van der Waals surface area contributed by atoms with Crippen molar-refractivity contribution in [1.82, 2.24) is 5.32 Å². The molecule has 0 amide bonds. The molecule has 2 rings (SSSR count). The number of hydrogen-bond donors (Lipinski definition) is 1. The van der Waals surface area contributed by atoms with Crippen LogP contribution in [-0.4, -0.2) is 6.54 Å². The highest BCUT2D eigenvalue weighted by molar-refractivity contribution is 6.35. The molecule has 112 valence electrons. The van der Waals surface area contributed by atoms with Crippen LogP contribution >= 0.6 is 23.2 Å². The Morgan fingerprint density at radius 2 is 1.90 bits per heavy atom. The molecule has 2 aromatic carbocycles. The lowest BCUT2D eigenvalue weighted by Gasteiger charge is -2.21. The minimum Gasteiger partial charge on any atom is -0.310 e.